The SMILES string of the molecule is COc1ccc(/C=N\NC(=Nc2ccc(C)cc2)c2nc3ccccc3[nH]2)cc1. The van der Waals surface area contributed by atoms with E-state index >= 15 is 0 Å². The molecule has 1 heterocycles. The summed E-state index contributed by atoms with van der Waals surface area (Å²) in [5.74, 6) is 1.97. The summed E-state index contributed by atoms with van der Waals surface area (Å²) in [6, 6.07) is 23.5. The van der Waals surface area contributed by atoms with Crippen LogP contribution in [0.5, 0.6) is 5.75 Å². The largest absolute Gasteiger partial charge is 0.497 e. The zero-order valence-electron chi connectivity index (χ0n) is 16.3. The van der Waals surface area contributed by atoms with Crippen LogP contribution in [0.25, 0.3) is 11.0 Å². The average molecular weight is 383 g/mol. The lowest BCUT2D eigenvalue weighted by Gasteiger charge is -2.04. The van der Waals surface area contributed by atoms with Gasteiger partial charge in [0.2, 0.25) is 0 Å². The highest BCUT2D eigenvalue weighted by molar-refractivity contribution is 6.00. The Bertz CT molecular complexity index is 1130. The van der Waals surface area contributed by atoms with Gasteiger partial charge in [0.15, 0.2) is 11.7 Å². The minimum absolute atomic E-state index is 0.537. The number of ether oxygens (including phenoxy) is 1. The van der Waals surface area contributed by atoms with Crippen molar-refractivity contribution in [3.8, 4) is 5.75 Å². The maximum atomic E-state index is 5.18. The molecular formula is C23H21N5O. The predicted molar refractivity (Wildman–Crippen MR) is 117 cm³/mol. The van der Waals surface area contributed by atoms with Crippen LogP contribution in [0.4, 0.5) is 5.69 Å². The second kappa shape index (κ2) is 8.39. The molecule has 4 rings (SSSR count). The van der Waals surface area contributed by atoms with Crippen LogP contribution in [0.3, 0.4) is 0 Å². The summed E-state index contributed by atoms with van der Waals surface area (Å²) in [4.78, 5) is 12.6. The Morgan fingerprint density at radius 2 is 1.76 bits per heavy atom. The van der Waals surface area contributed by atoms with E-state index in [-0.39, 0.29) is 0 Å². The summed E-state index contributed by atoms with van der Waals surface area (Å²) in [5.41, 5.74) is 7.79. The number of para-hydroxylation sites is 2. The molecule has 29 heavy (non-hydrogen) atoms. The van der Waals surface area contributed by atoms with Crippen molar-refractivity contribution in [1.82, 2.24) is 15.4 Å². The summed E-state index contributed by atoms with van der Waals surface area (Å²) in [6.45, 7) is 2.05. The molecular weight excluding hydrogens is 362 g/mol. The first-order chi connectivity index (χ1) is 14.2. The Balaban J connectivity index is 1.63. The summed E-state index contributed by atoms with van der Waals surface area (Å²) < 4.78 is 5.18. The summed E-state index contributed by atoms with van der Waals surface area (Å²) >= 11 is 0. The number of benzene rings is 3. The highest BCUT2D eigenvalue weighted by Gasteiger charge is 2.09. The third kappa shape index (κ3) is 4.50. The number of amidine groups is 1. The zero-order chi connectivity index (χ0) is 20.1. The number of hydrogen-bond donors (Lipinski definition) is 2. The lowest BCUT2D eigenvalue weighted by molar-refractivity contribution is 0.415. The van der Waals surface area contributed by atoms with Crippen molar-refractivity contribution in [1.29, 1.82) is 0 Å². The molecule has 0 atom stereocenters. The van der Waals surface area contributed by atoms with Crippen molar-refractivity contribution >= 4 is 28.8 Å². The molecule has 1 aromatic heterocycles. The van der Waals surface area contributed by atoms with Gasteiger partial charge < -0.3 is 9.72 Å². The van der Waals surface area contributed by atoms with E-state index in [2.05, 4.69) is 20.5 Å². The van der Waals surface area contributed by atoms with Gasteiger partial charge in [-0.25, -0.2) is 9.98 Å². The zero-order valence-corrected chi connectivity index (χ0v) is 16.3. The van der Waals surface area contributed by atoms with E-state index in [1.807, 2.05) is 79.7 Å². The molecule has 0 saturated carbocycles. The fourth-order valence-corrected chi connectivity index (χ4v) is 2.80. The number of aromatic amines is 1. The molecule has 0 aliphatic rings. The summed E-state index contributed by atoms with van der Waals surface area (Å²) in [7, 11) is 1.64. The van der Waals surface area contributed by atoms with Gasteiger partial charge in [0.05, 0.1) is 30.0 Å². The quantitative estimate of drug-likeness (QED) is 0.301. The molecule has 3 aromatic carbocycles. The van der Waals surface area contributed by atoms with Crippen molar-refractivity contribution in [2.75, 3.05) is 7.11 Å². The van der Waals surface area contributed by atoms with Crippen LogP contribution < -0.4 is 10.2 Å². The fourth-order valence-electron chi connectivity index (χ4n) is 2.80. The summed E-state index contributed by atoms with van der Waals surface area (Å²) in [5, 5.41) is 4.35. The molecule has 0 radical (unpaired) electrons. The number of imidazole rings is 1. The van der Waals surface area contributed by atoms with Crippen LogP contribution in [0, 0.1) is 6.92 Å². The van der Waals surface area contributed by atoms with Crippen LogP contribution in [0.15, 0.2) is 82.9 Å². The van der Waals surface area contributed by atoms with Crippen LogP contribution in [0.2, 0.25) is 0 Å². The Morgan fingerprint density at radius 1 is 1.00 bits per heavy atom. The lowest BCUT2D eigenvalue weighted by Crippen LogP contribution is -2.20. The minimum atomic E-state index is 0.537. The first-order valence-corrected chi connectivity index (χ1v) is 9.25. The molecule has 6 nitrogen and oxygen atoms in total. The van der Waals surface area contributed by atoms with Crippen molar-refractivity contribution in [2.45, 2.75) is 6.92 Å². The van der Waals surface area contributed by atoms with Crippen molar-refractivity contribution in [3.63, 3.8) is 0 Å². The molecule has 0 unspecified atom stereocenters. The van der Waals surface area contributed by atoms with Crippen molar-refractivity contribution < 1.29 is 4.74 Å². The number of aromatic nitrogens is 2. The van der Waals surface area contributed by atoms with Gasteiger partial charge in [-0.3, -0.25) is 5.43 Å². The molecule has 6 heteroatoms. The highest BCUT2D eigenvalue weighted by atomic mass is 16.5. The number of nitrogens with one attached hydrogen (secondary N) is 2. The van der Waals surface area contributed by atoms with Gasteiger partial charge in [-0.15, -0.1) is 0 Å². The molecule has 4 aromatic rings. The topological polar surface area (TPSA) is 74.7 Å². The maximum absolute atomic E-state index is 5.18. The van der Waals surface area contributed by atoms with Gasteiger partial charge >= 0.3 is 0 Å². The van der Waals surface area contributed by atoms with E-state index < -0.39 is 0 Å². The van der Waals surface area contributed by atoms with Gasteiger partial charge in [-0.05, 0) is 61.0 Å². The molecule has 0 amide bonds. The normalized spacial score (nSPS) is 11.9. The van der Waals surface area contributed by atoms with E-state index in [9.17, 15) is 0 Å². The Kier molecular flexibility index (Phi) is 5.33. The third-order valence-electron chi connectivity index (χ3n) is 4.39. The maximum Gasteiger partial charge on any atom is 0.190 e. The Hall–Kier alpha value is -3.93. The number of hydrazone groups is 1. The van der Waals surface area contributed by atoms with E-state index in [1.54, 1.807) is 13.3 Å². The van der Waals surface area contributed by atoms with Gasteiger partial charge in [-0.1, -0.05) is 29.8 Å². The third-order valence-corrected chi connectivity index (χ3v) is 4.39. The molecule has 0 aliphatic heterocycles. The van der Waals surface area contributed by atoms with Crippen LogP contribution in [0.1, 0.15) is 17.0 Å². The number of H-pyrrole nitrogens is 1. The molecule has 0 aliphatic carbocycles. The fraction of sp³-hybridized carbons (Fsp3) is 0.0870. The van der Waals surface area contributed by atoms with Crippen LogP contribution >= 0.6 is 0 Å². The Morgan fingerprint density at radius 3 is 2.48 bits per heavy atom. The van der Waals surface area contributed by atoms with Crippen LogP contribution in [-0.4, -0.2) is 29.1 Å². The summed E-state index contributed by atoms with van der Waals surface area (Å²) in [6.07, 6.45) is 1.73. The second-order valence-electron chi connectivity index (χ2n) is 6.54. The van der Waals surface area contributed by atoms with Gasteiger partial charge in [0, 0.05) is 0 Å². The number of fused-ring (bicyclic) bond motifs is 1. The van der Waals surface area contributed by atoms with Gasteiger partial charge in [0.1, 0.15) is 5.75 Å². The molecule has 144 valence electrons. The molecule has 0 spiro atoms. The van der Waals surface area contributed by atoms with Crippen molar-refractivity contribution in [2.24, 2.45) is 10.1 Å². The molecule has 2 N–H and O–H groups in total. The number of aliphatic imine (C=N–C) groups is 1. The predicted octanol–water partition coefficient (Wildman–Crippen LogP) is 4.58. The smallest absolute Gasteiger partial charge is 0.190 e. The molecule has 0 saturated heterocycles. The van der Waals surface area contributed by atoms with Crippen molar-refractivity contribution in [3.05, 3.63) is 89.7 Å². The molecule has 0 fully saturated rings. The number of rotatable bonds is 5. The van der Waals surface area contributed by atoms with E-state index in [1.165, 1.54) is 5.56 Å². The minimum Gasteiger partial charge on any atom is -0.497 e. The molecule has 0 bridgehead atoms. The van der Waals surface area contributed by atoms with Gasteiger partial charge in [0.25, 0.3) is 0 Å². The number of nitrogens with zero attached hydrogens (tertiary/aromatic N) is 3. The van der Waals surface area contributed by atoms with E-state index in [0.29, 0.717) is 11.7 Å². The monoisotopic (exact) mass is 383 g/mol. The first kappa shape index (κ1) is 18.4. The van der Waals surface area contributed by atoms with Crippen LogP contribution in [-0.2, 0) is 0 Å². The Labute approximate surface area is 169 Å². The standard InChI is InChI=1S/C23H21N5O/c1-16-7-11-18(12-8-16)25-23(22-26-20-5-3-4-6-21(20)27-22)28-24-15-17-9-13-19(29-2)14-10-17/h3-15H,1-2H3,(H,25,28)(H,26,27)/b24-15-. The van der Waals surface area contributed by atoms with Gasteiger partial charge in [-0.2, -0.15) is 5.10 Å². The number of aryl methyl sites for hydroxylation is 1. The van der Waals surface area contributed by atoms with E-state index in [4.69, 9.17) is 9.73 Å². The van der Waals surface area contributed by atoms with E-state index in [0.717, 1.165) is 28.0 Å². The lowest BCUT2D eigenvalue weighted by atomic mass is 10.2. The first-order valence-electron chi connectivity index (χ1n) is 9.25. The highest BCUT2D eigenvalue weighted by Crippen LogP contribution is 2.16. The number of hydrogen-bond acceptors (Lipinski definition) is 4. The average Bonchev–Trinajstić information content (AvgIpc) is 3.19. The number of methoxy groups -OCH3 is 1. The second-order valence-corrected chi connectivity index (χ2v) is 6.54.